The Balaban J connectivity index is 1.46. The molecule has 27 heavy (non-hydrogen) atoms. The molecular formula is C20H26N2O5. The summed E-state index contributed by atoms with van der Waals surface area (Å²) in [5.41, 5.74) is -0.185. The van der Waals surface area contributed by atoms with Gasteiger partial charge in [-0.05, 0) is 69.3 Å². The summed E-state index contributed by atoms with van der Waals surface area (Å²) in [5.74, 6) is 2.64. The highest BCUT2D eigenvalue weighted by molar-refractivity contribution is 5.81. The van der Waals surface area contributed by atoms with E-state index in [2.05, 4.69) is 5.32 Å². The van der Waals surface area contributed by atoms with Crippen LogP contribution in [-0.2, 0) is 4.79 Å². The molecule has 4 aliphatic carbocycles. The van der Waals surface area contributed by atoms with Crippen LogP contribution in [0.2, 0.25) is 0 Å². The van der Waals surface area contributed by atoms with Crippen LogP contribution in [0.5, 0.6) is 11.5 Å². The Morgan fingerprint density at radius 3 is 2.30 bits per heavy atom. The lowest BCUT2D eigenvalue weighted by molar-refractivity contribution is -0.385. The van der Waals surface area contributed by atoms with Gasteiger partial charge in [-0.15, -0.1) is 0 Å². The molecule has 1 aromatic rings. The molecule has 0 aromatic heterocycles. The molecule has 0 aliphatic heterocycles. The number of benzene rings is 1. The van der Waals surface area contributed by atoms with Gasteiger partial charge < -0.3 is 14.8 Å². The smallest absolute Gasteiger partial charge is 0.273 e. The maximum atomic E-state index is 12.8. The fourth-order valence-corrected chi connectivity index (χ4v) is 5.74. The summed E-state index contributed by atoms with van der Waals surface area (Å²) < 4.78 is 11.0. The third kappa shape index (κ3) is 3.47. The standard InChI is InChI=1S/C20H26N2O5/c1-12(27-18-8-16(22(24)25)3-4-17(18)26-2)19(23)21-20-9-13-5-14(10-20)7-15(6-13)11-20/h3-4,8,12-15H,5-7,9-11H2,1-2H3,(H,21,23). The monoisotopic (exact) mass is 374 g/mol. The zero-order valence-corrected chi connectivity index (χ0v) is 15.8. The first-order valence-electron chi connectivity index (χ1n) is 9.68. The van der Waals surface area contributed by atoms with Crippen molar-refractivity contribution in [2.75, 3.05) is 7.11 Å². The number of carbonyl (C=O) groups excluding carboxylic acids is 1. The van der Waals surface area contributed by atoms with Gasteiger partial charge in [0.05, 0.1) is 18.1 Å². The number of rotatable bonds is 6. The van der Waals surface area contributed by atoms with Gasteiger partial charge in [-0.25, -0.2) is 0 Å². The number of amides is 1. The molecule has 5 rings (SSSR count). The number of ether oxygens (including phenoxy) is 2. The van der Waals surface area contributed by atoms with E-state index in [9.17, 15) is 14.9 Å². The van der Waals surface area contributed by atoms with Crippen molar-refractivity contribution in [1.82, 2.24) is 5.32 Å². The van der Waals surface area contributed by atoms with Gasteiger partial charge in [0.15, 0.2) is 17.6 Å². The predicted octanol–water partition coefficient (Wildman–Crippen LogP) is 3.46. The number of nitrogens with one attached hydrogen (secondary N) is 1. The molecule has 7 heteroatoms. The first kappa shape index (κ1) is 18.1. The Morgan fingerprint density at radius 2 is 1.78 bits per heavy atom. The summed E-state index contributed by atoms with van der Waals surface area (Å²) in [4.78, 5) is 23.4. The number of carbonyl (C=O) groups is 1. The van der Waals surface area contributed by atoms with E-state index in [1.807, 2.05) is 0 Å². The molecule has 1 atom stereocenters. The Labute approximate surface area is 158 Å². The molecular weight excluding hydrogens is 348 g/mol. The van der Waals surface area contributed by atoms with Gasteiger partial charge in [0.1, 0.15) is 0 Å². The van der Waals surface area contributed by atoms with Gasteiger partial charge in [-0.2, -0.15) is 0 Å². The van der Waals surface area contributed by atoms with E-state index in [0.717, 1.165) is 37.0 Å². The molecule has 4 fully saturated rings. The Bertz CT molecular complexity index is 727. The zero-order valence-electron chi connectivity index (χ0n) is 15.8. The van der Waals surface area contributed by atoms with Crippen molar-refractivity contribution in [2.24, 2.45) is 17.8 Å². The normalized spacial score (nSPS) is 32.0. The largest absolute Gasteiger partial charge is 0.493 e. The van der Waals surface area contributed by atoms with E-state index in [0.29, 0.717) is 5.75 Å². The van der Waals surface area contributed by atoms with Crippen molar-refractivity contribution in [1.29, 1.82) is 0 Å². The average molecular weight is 374 g/mol. The quantitative estimate of drug-likeness (QED) is 0.608. The van der Waals surface area contributed by atoms with Gasteiger partial charge in [0, 0.05) is 11.6 Å². The fraction of sp³-hybridized carbons (Fsp3) is 0.650. The molecule has 4 saturated carbocycles. The van der Waals surface area contributed by atoms with Crippen LogP contribution in [-0.4, -0.2) is 29.6 Å². The van der Waals surface area contributed by atoms with E-state index in [1.165, 1.54) is 44.6 Å². The molecule has 1 N–H and O–H groups in total. The minimum absolute atomic E-state index is 0.0871. The summed E-state index contributed by atoms with van der Waals surface area (Å²) in [6.07, 6.45) is 6.38. The highest BCUT2D eigenvalue weighted by Crippen LogP contribution is 2.55. The molecule has 0 radical (unpaired) electrons. The highest BCUT2D eigenvalue weighted by Gasteiger charge is 2.51. The van der Waals surface area contributed by atoms with Crippen molar-refractivity contribution >= 4 is 11.6 Å². The molecule has 1 aromatic carbocycles. The number of nitro benzene ring substituents is 1. The van der Waals surface area contributed by atoms with Gasteiger partial charge in [-0.1, -0.05) is 0 Å². The SMILES string of the molecule is COc1ccc([N+](=O)[O-])cc1OC(C)C(=O)NC12CC3CC(CC(C3)C1)C2. The minimum Gasteiger partial charge on any atom is -0.493 e. The maximum Gasteiger partial charge on any atom is 0.273 e. The van der Waals surface area contributed by atoms with Gasteiger partial charge in [0.2, 0.25) is 0 Å². The predicted molar refractivity (Wildman–Crippen MR) is 98.8 cm³/mol. The summed E-state index contributed by atoms with van der Waals surface area (Å²) in [6.45, 7) is 1.67. The van der Waals surface area contributed by atoms with Crippen LogP contribution >= 0.6 is 0 Å². The molecule has 146 valence electrons. The third-order valence-corrected chi connectivity index (χ3v) is 6.46. The summed E-state index contributed by atoms with van der Waals surface area (Å²) in [6, 6.07) is 4.14. The lowest BCUT2D eigenvalue weighted by atomic mass is 9.53. The average Bonchev–Trinajstić information content (AvgIpc) is 2.59. The van der Waals surface area contributed by atoms with E-state index in [-0.39, 0.29) is 22.9 Å². The zero-order chi connectivity index (χ0) is 19.2. The Kier molecular flexibility index (Phi) is 4.48. The van der Waals surface area contributed by atoms with Crippen LogP contribution in [0.1, 0.15) is 45.4 Å². The van der Waals surface area contributed by atoms with Crippen LogP contribution in [0.15, 0.2) is 18.2 Å². The minimum atomic E-state index is -0.756. The molecule has 0 saturated heterocycles. The fourth-order valence-electron chi connectivity index (χ4n) is 5.74. The van der Waals surface area contributed by atoms with Gasteiger partial charge >= 0.3 is 0 Å². The molecule has 1 amide bonds. The topological polar surface area (TPSA) is 90.7 Å². The van der Waals surface area contributed by atoms with E-state index < -0.39 is 11.0 Å². The Hall–Kier alpha value is -2.31. The first-order chi connectivity index (χ1) is 12.9. The lowest BCUT2D eigenvalue weighted by Crippen LogP contribution is -2.61. The van der Waals surface area contributed by atoms with Crippen LogP contribution in [0.4, 0.5) is 5.69 Å². The molecule has 7 nitrogen and oxygen atoms in total. The second-order valence-electron chi connectivity index (χ2n) is 8.54. The summed E-state index contributed by atoms with van der Waals surface area (Å²) in [5, 5.41) is 14.3. The molecule has 0 heterocycles. The second kappa shape index (κ2) is 6.69. The van der Waals surface area contributed by atoms with Gasteiger partial charge in [0.25, 0.3) is 11.6 Å². The van der Waals surface area contributed by atoms with E-state index >= 15 is 0 Å². The molecule has 0 spiro atoms. The molecule has 1 unspecified atom stereocenters. The maximum absolute atomic E-state index is 12.8. The number of nitro groups is 1. The first-order valence-corrected chi connectivity index (χ1v) is 9.68. The van der Waals surface area contributed by atoms with Crippen molar-refractivity contribution in [2.45, 2.75) is 57.1 Å². The van der Waals surface area contributed by atoms with Crippen molar-refractivity contribution < 1.29 is 19.2 Å². The number of nitrogens with zero attached hydrogens (tertiary/aromatic N) is 1. The van der Waals surface area contributed by atoms with Gasteiger partial charge in [-0.3, -0.25) is 14.9 Å². The van der Waals surface area contributed by atoms with Crippen molar-refractivity contribution in [3.63, 3.8) is 0 Å². The Morgan fingerprint density at radius 1 is 1.19 bits per heavy atom. The number of methoxy groups -OCH3 is 1. The van der Waals surface area contributed by atoms with Crippen LogP contribution in [0.25, 0.3) is 0 Å². The summed E-state index contributed by atoms with van der Waals surface area (Å²) in [7, 11) is 1.47. The van der Waals surface area contributed by atoms with E-state index in [4.69, 9.17) is 9.47 Å². The number of non-ortho nitro benzene ring substituents is 1. The van der Waals surface area contributed by atoms with Crippen molar-refractivity contribution in [3.05, 3.63) is 28.3 Å². The van der Waals surface area contributed by atoms with E-state index in [1.54, 1.807) is 6.92 Å². The van der Waals surface area contributed by atoms with Crippen LogP contribution in [0, 0.1) is 27.9 Å². The third-order valence-electron chi connectivity index (χ3n) is 6.46. The molecule has 4 aliphatic rings. The van der Waals surface area contributed by atoms with Crippen LogP contribution < -0.4 is 14.8 Å². The van der Waals surface area contributed by atoms with Crippen molar-refractivity contribution in [3.8, 4) is 11.5 Å². The number of hydrogen-bond donors (Lipinski definition) is 1. The lowest BCUT2D eigenvalue weighted by Gasteiger charge is -2.57. The molecule has 4 bridgehead atoms. The highest BCUT2D eigenvalue weighted by atomic mass is 16.6. The number of hydrogen-bond acceptors (Lipinski definition) is 5. The summed E-state index contributed by atoms with van der Waals surface area (Å²) >= 11 is 0. The second-order valence-corrected chi connectivity index (χ2v) is 8.54. The van der Waals surface area contributed by atoms with Crippen LogP contribution in [0.3, 0.4) is 0 Å².